The van der Waals surface area contributed by atoms with E-state index >= 15 is 0 Å². The molecule has 0 atom stereocenters. The third-order valence-corrected chi connectivity index (χ3v) is 10.5. The Morgan fingerprint density at radius 1 is 0.679 bits per heavy atom. The number of fused-ring (bicyclic) bond motifs is 2. The molecule has 0 unspecified atom stereocenters. The summed E-state index contributed by atoms with van der Waals surface area (Å²) in [6, 6.07) is 13.9. The third kappa shape index (κ3) is 8.16. The summed E-state index contributed by atoms with van der Waals surface area (Å²) < 4.78 is 75.2. The second-order valence-corrected chi connectivity index (χ2v) is 14.6. The van der Waals surface area contributed by atoms with Crippen molar-refractivity contribution in [3.63, 3.8) is 0 Å². The number of benzene rings is 4. The van der Waals surface area contributed by atoms with Gasteiger partial charge in [-0.3, -0.25) is 9.59 Å². The molecule has 262 valence electrons. The summed E-state index contributed by atoms with van der Waals surface area (Å²) in [6.45, 7) is 6.13. The van der Waals surface area contributed by atoms with E-state index in [1.807, 2.05) is 19.1 Å². The molecule has 15 nitrogen and oxygen atoms in total. The molecule has 1 aliphatic rings. The van der Waals surface area contributed by atoms with E-state index in [2.05, 4.69) is 30.9 Å². The van der Waals surface area contributed by atoms with Gasteiger partial charge < -0.3 is 30.8 Å². The zero-order valence-corrected chi connectivity index (χ0v) is 35.5. The standard InChI is InChI=1S/C33H28ClN7O8S2.2Na/c1-14-9-11-18(12-10-14)36-32-39-31(34)40-33(41-32)38-27-15(2)26(16(3)30(17(27)4)51(47,48)49)37-21-13-22(50(44,45)46)25(35)24-23(21)28(42)19-7-5-6-8-20(19)29(24)43;;/h5-13,37H,35H2,1-4H3,(H,44,45,46)(H,47,48,49)(H2,36,38,39,40,41);;/q;2*+1/p-2. The molecule has 0 saturated heterocycles. The average Bonchev–Trinajstić information content (AvgIpc) is 3.04. The molecule has 0 bridgehead atoms. The van der Waals surface area contributed by atoms with Gasteiger partial charge in [0.25, 0.3) is 0 Å². The number of nitrogens with two attached hydrogens (primary N) is 1. The number of aryl methyl sites for hydroxylation is 1. The van der Waals surface area contributed by atoms with Crippen LogP contribution in [0.25, 0.3) is 0 Å². The number of nitrogens with one attached hydrogen (secondary N) is 3. The number of anilines is 7. The van der Waals surface area contributed by atoms with Crippen LogP contribution in [-0.2, 0) is 20.2 Å². The number of rotatable bonds is 8. The molecule has 0 amide bonds. The molecule has 1 aromatic heterocycles. The van der Waals surface area contributed by atoms with E-state index < -0.39 is 52.8 Å². The predicted molar refractivity (Wildman–Crippen MR) is 187 cm³/mol. The second kappa shape index (κ2) is 15.7. The van der Waals surface area contributed by atoms with Crippen LogP contribution in [-0.4, -0.2) is 52.5 Å². The molecule has 20 heteroatoms. The monoisotopic (exact) mass is 793 g/mol. The fourth-order valence-corrected chi connectivity index (χ4v) is 7.77. The second-order valence-electron chi connectivity index (χ2n) is 11.6. The zero-order valence-electron chi connectivity index (χ0n) is 29.1. The van der Waals surface area contributed by atoms with Gasteiger partial charge in [0, 0.05) is 22.5 Å². The first-order valence-electron chi connectivity index (χ1n) is 14.9. The van der Waals surface area contributed by atoms with Crippen LogP contribution in [0.3, 0.4) is 0 Å². The topological polar surface area (TPSA) is 249 Å². The molecule has 0 spiro atoms. The van der Waals surface area contributed by atoms with Crippen LogP contribution in [0.15, 0.2) is 64.4 Å². The molecule has 5 aromatic rings. The number of nitrogen functional groups attached to an aromatic ring is 1. The maximum atomic E-state index is 13.9. The van der Waals surface area contributed by atoms with E-state index in [-0.39, 0.29) is 127 Å². The minimum absolute atomic E-state index is 0. The van der Waals surface area contributed by atoms with Crippen LogP contribution in [0.1, 0.15) is 54.1 Å². The Balaban J connectivity index is 0.00000314. The summed E-state index contributed by atoms with van der Waals surface area (Å²) in [5, 5.41) is 8.51. The van der Waals surface area contributed by atoms with Crippen molar-refractivity contribution in [1.29, 1.82) is 0 Å². The molecule has 0 radical (unpaired) electrons. The number of aromatic nitrogens is 3. The SMILES string of the molecule is Cc1ccc(Nc2nc(Cl)nc(Nc3c(C)c(Nc4cc(S(=O)(=O)[O-])c(N)c5c4C(=O)c4ccccc4C5=O)c(C)c(S(=O)(=O)[O-])c3C)n2)cc1.[Na+].[Na+]. The Labute approximate surface area is 353 Å². The van der Waals surface area contributed by atoms with E-state index in [9.17, 15) is 35.5 Å². The van der Waals surface area contributed by atoms with Crippen molar-refractivity contribution in [2.24, 2.45) is 0 Å². The molecule has 6 rings (SSSR count). The van der Waals surface area contributed by atoms with Crippen molar-refractivity contribution in [1.82, 2.24) is 15.0 Å². The molecule has 0 saturated carbocycles. The molecule has 1 heterocycles. The van der Waals surface area contributed by atoms with Gasteiger partial charge in [-0.2, -0.15) is 15.0 Å². The molecular weight excluding hydrogens is 768 g/mol. The number of nitrogens with zero attached hydrogens (tertiary/aromatic N) is 3. The maximum Gasteiger partial charge on any atom is 1.00 e. The fourth-order valence-electron chi connectivity index (χ4n) is 6.02. The van der Waals surface area contributed by atoms with Gasteiger partial charge in [-0.25, -0.2) is 16.8 Å². The number of halogens is 1. The minimum Gasteiger partial charge on any atom is -0.744 e. The first kappa shape index (κ1) is 42.3. The van der Waals surface area contributed by atoms with Crippen molar-refractivity contribution in [2.45, 2.75) is 37.5 Å². The quantitative estimate of drug-likeness (QED) is 0.0834. The van der Waals surface area contributed by atoms with Crippen LogP contribution in [0.4, 0.5) is 40.3 Å². The van der Waals surface area contributed by atoms with E-state index in [0.717, 1.165) is 11.6 Å². The summed E-state index contributed by atoms with van der Waals surface area (Å²) in [7, 11) is -10.5. The summed E-state index contributed by atoms with van der Waals surface area (Å²) in [6.07, 6.45) is 0. The van der Waals surface area contributed by atoms with Crippen LogP contribution in [0.5, 0.6) is 0 Å². The number of hydrogen-bond acceptors (Lipinski definition) is 15. The molecule has 53 heavy (non-hydrogen) atoms. The smallest absolute Gasteiger partial charge is 0.744 e. The normalized spacial score (nSPS) is 12.2. The zero-order chi connectivity index (χ0) is 37.2. The van der Waals surface area contributed by atoms with Gasteiger partial charge in [0.05, 0.1) is 38.0 Å². The molecule has 4 aromatic carbocycles. The average molecular weight is 794 g/mol. The number of ketones is 2. The van der Waals surface area contributed by atoms with Gasteiger partial charge in [-0.05, 0) is 74.2 Å². The van der Waals surface area contributed by atoms with Crippen molar-refractivity contribution < 1.29 is 94.6 Å². The van der Waals surface area contributed by atoms with Crippen molar-refractivity contribution in [2.75, 3.05) is 21.7 Å². The molecule has 5 N–H and O–H groups in total. The van der Waals surface area contributed by atoms with Crippen molar-refractivity contribution in [3.8, 4) is 0 Å². The largest absolute Gasteiger partial charge is 1.00 e. The summed E-state index contributed by atoms with van der Waals surface area (Å²) >= 11 is 6.20. The Morgan fingerprint density at radius 3 is 1.72 bits per heavy atom. The maximum absolute atomic E-state index is 13.9. The van der Waals surface area contributed by atoms with Crippen LogP contribution < -0.4 is 80.8 Å². The summed E-state index contributed by atoms with van der Waals surface area (Å²) in [5.74, 6) is -1.66. The molecule has 0 aliphatic heterocycles. The van der Waals surface area contributed by atoms with Gasteiger partial charge in [0.1, 0.15) is 20.2 Å². The number of carbonyl (C=O) groups is 2. The Kier molecular flexibility index (Phi) is 12.5. The van der Waals surface area contributed by atoms with Gasteiger partial charge in [0.2, 0.25) is 17.2 Å². The predicted octanol–water partition coefficient (Wildman–Crippen LogP) is -0.837. The Bertz CT molecular complexity index is 2570. The van der Waals surface area contributed by atoms with Gasteiger partial charge in [-0.15, -0.1) is 0 Å². The first-order valence-corrected chi connectivity index (χ1v) is 18.1. The van der Waals surface area contributed by atoms with Crippen molar-refractivity contribution in [3.05, 3.63) is 104 Å². The number of carbonyl (C=O) groups excluding carboxylic acids is 2. The summed E-state index contributed by atoms with van der Waals surface area (Å²) in [4.78, 5) is 38.4. The van der Waals surface area contributed by atoms with E-state index in [0.29, 0.717) is 5.69 Å². The van der Waals surface area contributed by atoms with E-state index in [4.69, 9.17) is 17.3 Å². The first-order chi connectivity index (χ1) is 23.9. The molecule has 0 fully saturated rings. The van der Waals surface area contributed by atoms with Crippen molar-refractivity contribution >= 4 is 83.7 Å². The molecule has 1 aliphatic carbocycles. The number of hydrogen-bond donors (Lipinski definition) is 4. The van der Waals surface area contributed by atoms with Gasteiger partial charge in [-0.1, -0.05) is 42.0 Å². The van der Waals surface area contributed by atoms with E-state index in [1.165, 1.54) is 45.0 Å². The molecular formula is C33H26ClN7Na2O8S2. The van der Waals surface area contributed by atoms with Gasteiger partial charge >= 0.3 is 59.1 Å². The Hall–Kier alpha value is -3.46. The third-order valence-electron chi connectivity index (χ3n) is 8.31. The van der Waals surface area contributed by atoms with Crippen LogP contribution in [0, 0.1) is 27.7 Å². The van der Waals surface area contributed by atoms with Crippen LogP contribution in [0.2, 0.25) is 5.28 Å². The Morgan fingerprint density at radius 2 is 1.19 bits per heavy atom. The summed E-state index contributed by atoms with van der Waals surface area (Å²) in [5.41, 5.74) is 5.69. The minimum atomic E-state index is -5.32. The van der Waals surface area contributed by atoms with Crippen LogP contribution >= 0.6 is 11.6 Å². The van der Waals surface area contributed by atoms with E-state index in [1.54, 1.807) is 12.1 Å². The van der Waals surface area contributed by atoms with Gasteiger partial charge in [0.15, 0.2) is 11.6 Å². The fraction of sp³-hybridized carbons (Fsp3) is 0.121.